The average Bonchev–Trinajstić information content (AvgIpc) is 2.34. The summed E-state index contributed by atoms with van der Waals surface area (Å²) in [6.07, 6.45) is 0.714. The van der Waals surface area contributed by atoms with Crippen LogP contribution in [-0.2, 0) is 0 Å². The minimum absolute atomic E-state index is 0.355. The molecule has 0 aliphatic heterocycles. The quantitative estimate of drug-likeness (QED) is 0.449. The Labute approximate surface area is 60.3 Å². The normalized spacial score (nSPS) is 9.40. The Bertz CT molecular complexity index is 227. The fourth-order valence-corrected chi connectivity index (χ4v) is 0.742. The van der Waals surface area contributed by atoms with Gasteiger partial charge < -0.3 is 4.42 Å². The summed E-state index contributed by atoms with van der Waals surface area (Å²) in [5.41, 5.74) is 0.863. The number of rotatable bonds is 2. The SMILES string of the molecule is CB(C)c1ccc(C=O)o1. The molecule has 0 aromatic carbocycles. The summed E-state index contributed by atoms with van der Waals surface area (Å²) in [7, 11) is 0. The summed E-state index contributed by atoms with van der Waals surface area (Å²) in [6, 6.07) is 3.51. The summed E-state index contributed by atoms with van der Waals surface area (Å²) >= 11 is 0. The topological polar surface area (TPSA) is 30.2 Å². The molecular formula is C7H9BO2. The molecule has 0 saturated heterocycles. The molecule has 1 aromatic rings. The molecule has 2 nitrogen and oxygen atoms in total. The first-order valence-corrected chi connectivity index (χ1v) is 3.29. The predicted molar refractivity (Wildman–Crippen MR) is 41.2 cm³/mol. The molecule has 1 aromatic heterocycles. The molecule has 0 N–H and O–H groups in total. The summed E-state index contributed by atoms with van der Waals surface area (Å²) in [6.45, 7) is 4.40. The number of furan rings is 1. The van der Waals surface area contributed by atoms with Crippen molar-refractivity contribution >= 4 is 18.7 Å². The number of hydrogen-bond donors (Lipinski definition) is 0. The van der Waals surface area contributed by atoms with Gasteiger partial charge in [0, 0.05) is 0 Å². The molecule has 1 heterocycles. The van der Waals surface area contributed by atoms with E-state index < -0.39 is 0 Å². The van der Waals surface area contributed by atoms with Crippen LogP contribution in [0, 0.1) is 0 Å². The Morgan fingerprint density at radius 2 is 2.20 bits per heavy atom. The average molecular weight is 136 g/mol. The van der Waals surface area contributed by atoms with Gasteiger partial charge in [0.1, 0.15) is 0 Å². The van der Waals surface area contributed by atoms with Crippen LogP contribution in [0.5, 0.6) is 0 Å². The Kier molecular flexibility index (Phi) is 1.95. The molecule has 0 aliphatic rings. The van der Waals surface area contributed by atoms with E-state index in [1.807, 2.05) is 19.7 Å². The van der Waals surface area contributed by atoms with Gasteiger partial charge >= 0.3 is 0 Å². The van der Waals surface area contributed by atoms with E-state index in [9.17, 15) is 4.79 Å². The van der Waals surface area contributed by atoms with E-state index >= 15 is 0 Å². The molecule has 0 bridgehead atoms. The third-order valence-corrected chi connectivity index (χ3v) is 1.33. The highest BCUT2D eigenvalue weighted by molar-refractivity contribution is 6.69. The molecule has 0 saturated carbocycles. The molecule has 10 heavy (non-hydrogen) atoms. The number of aldehydes is 1. The molecule has 0 fully saturated rings. The van der Waals surface area contributed by atoms with Crippen LogP contribution < -0.4 is 5.66 Å². The van der Waals surface area contributed by atoms with Gasteiger partial charge in [-0.15, -0.1) is 0 Å². The van der Waals surface area contributed by atoms with Crippen LogP contribution in [0.15, 0.2) is 16.5 Å². The summed E-state index contributed by atoms with van der Waals surface area (Å²) in [4.78, 5) is 10.1. The third-order valence-electron chi connectivity index (χ3n) is 1.33. The molecule has 0 aliphatic carbocycles. The lowest BCUT2D eigenvalue weighted by Gasteiger charge is -1.91. The lowest BCUT2D eigenvalue weighted by molar-refractivity contribution is 0.110. The Morgan fingerprint density at radius 3 is 2.50 bits per heavy atom. The molecule has 0 radical (unpaired) electrons. The largest absolute Gasteiger partial charge is 0.468 e. The maximum absolute atomic E-state index is 10.1. The fourth-order valence-electron chi connectivity index (χ4n) is 0.742. The second-order valence-electron chi connectivity index (χ2n) is 2.51. The van der Waals surface area contributed by atoms with Gasteiger partial charge in [-0.2, -0.15) is 0 Å². The lowest BCUT2D eigenvalue weighted by Crippen LogP contribution is -2.19. The zero-order chi connectivity index (χ0) is 7.56. The van der Waals surface area contributed by atoms with Crippen molar-refractivity contribution in [2.75, 3.05) is 0 Å². The second-order valence-corrected chi connectivity index (χ2v) is 2.51. The van der Waals surface area contributed by atoms with Crippen molar-refractivity contribution in [2.45, 2.75) is 13.6 Å². The van der Waals surface area contributed by atoms with E-state index in [0.717, 1.165) is 5.66 Å². The Hall–Kier alpha value is -0.985. The maximum Gasteiger partial charge on any atom is 0.216 e. The smallest absolute Gasteiger partial charge is 0.216 e. The van der Waals surface area contributed by atoms with Crippen molar-refractivity contribution in [3.8, 4) is 0 Å². The minimum atomic E-state index is 0.355. The van der Waals surface area contributed by atoms with Crippen molar-refractivity contribution in [3.63, 3.8) is 0 Å². The third kappa shape index (κ3) is 1.29. The van der Waals surface area contributed by atoms with E-state index in [4.69, 9.17) is 4.42 Å². The second kappa shape index (κ2) is 2.73. The first kappa shape index (κ1) is 7.13. The fraction of sp³-hybridized carbons (Fsp3) is 0.286. The van der Waals surface area contributed by atoms with Gasteiger partial charge in [-0.1, -0.05) is 13.6 Å². The summed E-state index contributed by atoms with van der Waals surface area (Å²) < 4.78 is 5.13. The highest BCUT2D eigenvalue weighted by Crippen LogP contribution is 1.95. The van der Waals surface area contributed by atoms with Gasteiger partial charge in [0.25, 0.3) is 0 Å². The molecule has 52 valence electrons. The van der Waals surface area contributed by atoms with Gasteiger partial charge in [-0.05, 0) is 12.1 Å². The van der Waals surface area contributed by atoms with Gasteiger partial charge in [-0.25, -0.2) is 0 Å². The van der Waals surface area contributed by atoms with Gasteiger partial charge in [0.15, 0.2) is 12.0 Å². The van der Waals surface area contributed by atoms with Crippen LogP contribution in [0.4, 0.5) is 0 Å². The van der Waals surface area contributed by atoms with Crippen LogP contribution in [0.3, 0.4) is 0 Å². The first-order valence-electron chi connectivity index (χ1n) is 3.29. The monoisotopic (exact) mass is 136 g/mol. The molecule has 0 amide bonds. The van der Waals surface area contributed by atoms with Crippen LogP contribution in [0.2, 0.25) is 13.6 Å². The highest BCUT2D eigenvalue weighted by Gasteiger charge is 2.07. The molecule has 0 spiro atoms. The van der Waals surface area contributed by atoms with E-state index in [0.29, 0.717) is 18.8 Å². The molecule has 3 heteroatoms. The van der Waals surface area contributed by atoms with Crippen LogP contribution in [0.1, 0.15) is 10.6 Å². The first-order chi connectivity index (χ1) is 4.74. The van der Waals surface area contributed by atoms with Crippen molar-refractivity contribution in [1.82, 2.24) is 0 Å². The number of carbonyl (C=O) groups excluding carboxylic acids is 1. The molecule has 0 atom stereocenters. The van der Waals surface area contributed by atoms with Gasteiger partial charge in [0.2, 0.25) is 6.71 Å². The van der Waals surface area contributed by atoms with E-state index in [1.165, 1.54) is 0 Å². The summed E-state index contributed by atoms with van der Waals surface area (Å²) in [5.74, 6) is 0.406. The van der Waals surface area contributed by atoms with Gasteiger partial charge in [-0.3, -0.25) is 4.79 Å². The molecule has 0 unspecified atom stereocenters. The standard InChI is InChI=1S/C7H9BO2/c1-8(2)7-4-3-6(5-9)10-7/h3-5H,1-2H3. The van der Waals surface area contributed by atoms with E-state index in [-0.39, 0.29) is 0 Å². The van der Waals surface area contributed by atoms with E-state index in [1.54, 1.807) is 6.07 Å². The zero-order valence-corrected chi connectivity index (χ0v) is 6.13. The van der Waals surface area contributed by atoms with Crippen LogP contribution in [-0.4, -0.2) is 13.0 Å². The lowest BCUT2D eigenvalue weighted by atomic mass is 9.53. The van der Waals surface area contributed by atoms with Crippen molar-refractivity contribution in [1.29, 1.82) is 0 Å². The summed E-state index contributed by atoms with van der Waals surface area (Å²) in [5, 5.41) is 0. The van der Waals surface area contributed by atoms with Crippen molar-refractivity contribution in [3.05, 3.63) is 17.9 Å². The molecule has 1 rings (SSSR count). The Balaban J connectivity index is 2.88. The zero-order valence-electron chi connectivity index (χ0n) is 6.13. The maximum atomic E-state index is 10.1. The van der Waals surface area contributed by atoms with Crippen molar-refractivity contribution < 1.29 is 9.21 Å². The Morgan fingerprint density at radius 1 is 1.50 bits per heavy atom. The van der Waals surface area contributed by atoms with Crippen LogP contribution >= 0.6 is 0 Å². The predicted octanol–water partition coefficient (Wildman–Crippen LogP) is 1.05. The number of carbonyl (C=O) groups is 1. The van der Waals surface area contributed by atoms with E-state index in [2.05, 4.69) is 0 Å². The van der Waals surface area contributed by atoms with Gasteiger partial charge in [0.05, 0.1) is 5.66 Å². The highest BCUT2D eigenvalue weighted by atomic mass is 16.3. The minimum Gasteiger partial charge on any atom is -0.468 e. The van der Waals surface area contributed by atoms with Crippen LogP contribution in [0.25, 0.3) is 0 Å². The van der Waals surface area contributed by atoms with Crippen molar-refractivity contribution in [2.24, 2.45) is 0 Å². The molecular weight excluding hydrogens is 127 g/mol. The number of hydrogen-bond acceptors (Lipinski definition) is 2.